The topological polar surface area (TPSA) is 71.1 Å². The van der Waals surface area contributed by atoms with Gasteiger partial charge >= 0.3 is 12.3 Å². The number of rotatable bonds is 6. The lowest BCUT2D eigenvalue weighted by Crippen LogP contribution is -2.24. The van der Waals surface area contributed by atoms with Crippen LogP contribution in [0.4, 0.5) is 9.59 Å². The van der Waals surface area contributed by atoms with E-state index in [1.807, 2.05) is 0 Å². The molecule has 0 saturated carbocycles. The van der Waals surface area contributed by atoms with Gasteiger partial charge in [0.1, 0.15) is 12.2 Å². The molecule has 2 unspecified atom stereocenters. The van der Waals surface area contributed by atoms with Crippen molar-refractivity contribution >= 4 is 12.3 Å². The molecule has 0 N–H and O–H groups in total. The number of carbonyl (C=O) groups is 2. The van der Waals surface area contributed by atoms with E-state index in [4.69, 9.17) is 9.47 Å². The van der Waals surface area contributed by atoms with Crippen LogP contribution < -0.4 is 0 Å². The van der Waals surface area contributed by atoms with Crippen LogP contribution in [0.5, 0.6) is 0 Å². The van der Waals surface area contributed by atoms with Gasteiger partial charge in [-0.15, -0.1) is 0 Å². The average Bonchev–Trinajstić information content (AvgIpc) is 2.16. The third kappa shape index (κ3) is 8.36. The predicted molar refractivity (Wildman–Crippen MR) is 59.8 cm³/mol. The number of hydrogen-bond acceptors (Lipinski definition) is 6. The monoisotopic (exact) mass is 248 g/mol. The number of ether oxygens (including phenoxy) is 4. The summed E-state index contributed by atoms with van der Waals surface area (Å²) in [5.74, 6) is 0. The second-order valence-corrected chi connectivity index (χ2v) is 3.46. The van der Waals surface area contributed by atoms with E-state index in [-0.39, 0.29) is 13.2 Å². The molecule has 6 heteroatoms. The van der Waals surface area contributed by atoms with Gasteiger partial charge in [-0.05, 0) is 27.7 Å². The molecule has 0 saturated heterocycles. The van der Waals surface area contributed by atoms with Crippen molar-refractivity contribution in [3.05, 3.63) is 0 Å². The van der Waals surface area contributed by atoms with E-state index in [1.54, 1.807) is 27.7 Å². The van der Waals surface area contributed by atoms with Crippen molar-refractivity contribution in [1.82, 2.24) is 0 Å². The van der Waals surface area contributed by atoms with Gasteiger partial charge in [-0.3, -0.25) is 0 Å². The molecule has 0 fully saturated rings. The van der Waals surface area contributed by atoms with Crippen molar-refractivity contribution in [2.75, 3.05) is 13.2 Å². The van der Waals surface area contributed by atoms with Gasteiger partial charge in [-0.25, -0.2) is 9.59 Å². The zero-order valence-corrected chi connectivity index (χ0v) is 10.7. The van der Waals surface area contributed by atoms with Crippen molar-refractivity contribution in [2.24, 2.45) is 0 Å². The molecule has 100 valence electrons. The van der Waals surface area contributed by atoms with Crippen LogP contribution >= 0.6 is 0 Å². The van der Waals surface area contributed by atoms with E-state index in [2.05, 4.69) is 9.47 Å². The Morgan fingerprint density at radius 2 is 1.24 bits per heavy atom. The highest BCUT2D eigenvalue weighted by Gasteiger charge is 2.17. The molecule has 0 heterocycles. The first kappa shape index (κ1) is 15.5. The smallest absolute Gasteiger partial charge is 0.435 e. The molecule has 0 amide bonds. The molecular formula is C11H20O6. The van der Waals surface area contributed by atoms with E-state index in [0.717, 1.165) is 0 Å². The van der Waals surface area contributed by atoms with E-state index >= 15 is 0 Å². The van der Waals surface area contributed by atoms with Crippen LogP contribution in [0.2, 0.25) is 0 Å². The van der Waals surface area contributed by atoms with Gasteiger partial charge in [0.25, 0.3) is 0 Å². The standard InChI is InChI=1S/C11H20O6/c1-5-14-10(12)16-8(3)7-9(4)17-11(13)15-6-2/h8-9H,5-7H2,1-4H3. The summed E-state index contributed by atoms with van der Waals surface area (Å²) in [7, 11) is 0. The molecule has 0 radical (unpaired) electrons. The maximum Gasteiger partial charge on any atom is 0.508 e. The molecule has 0 aromatic rings. The largest absolute Gasteiger partial charge is 0.508 e. The van der Waals surface area contributed by atoms with E-state index < -0.39 is 24.5 Å². The van der Waals surface area contributed by atoms with Gasteiger partial charge in [0, 0.05) is 6.42 Å². The molecular weight excluding hydrogens is 228 g/mol. The summed E-state index contributed by atoms with van der Waals surface area (Å²) in [6.45, 7) is 7.31. The molecule has 6 nitrogen and oxygen atoms in total. The number of hydrogen-bond donors (Lipinski definition) is 0. The van der Waals surface area contributed by atoms with Crippen LogP contribution in [0.25, 0.3) is 0 Å². The van der Waals surface area contributed by atoms with Gasteiger partial charge in [0.2, 0.25) is 0 Å². The van der Waals surface area contributed by atoms with E-state index in [9.17, 15) is 9.59 Å². The molecule has 0 spiro atoms. The fourth-order valence-electron chi connectivity index (χ4n) is 1.20. The lowest BCUT2D eigenvalue weighted by molar-refractivity contribution is -0.00422. The Morgan fingerprint density at radius 3 is 1.53 bits per heavy atom. The summed E-state index contributed by atoms with van der Waals surface area (Å²) in [6, 6.07) is 0. The Balaban J connectivity index is 3.82. The molecule has 0 bridgehead atoms. The highest BCUT2D eigenvalue weighted by atomic mass is 16.7. The van der Waals surface area contributed by atoms with Gasteiger partial charge in [0.05, 0.1) is 13.2 Å². The van der Waals surface area contributed by atoms with Gasteiger partial charge in [0.15, 0.2) is 0 Å². The zero-order chi connectivity index (χ0) is 13.3. The summed E-state index contributed by atoms with van der Waals surface area (Å²) in [4.78, 5) is 22.0. The van der Waals surface area contributed by atoms with E-state index in [0.29, 0.717) is 6.42 Å². The van der Waals surface area contributed by atoms with Crippen LogP contribution in [0, 0.1) is 0 Å². The second-order valence-electron chi connectivity index (χ2n) is 3.46. The van der Waals surface area contributed by atoms with Crippen LogP contribution in [-0.2, 0) is 18.9 Å². The van der Waals surface area contributed by atoms with Crippen LogP contribution in [0.3, 0.4) is 0 Å². The van der Waals surface area contributed by atoms with Crippen molar-refractivity contribution in [3.8, 4) is 0 Å². The third-order valence-electron chi connectivity index (χ3n) is 1.78. The first-order valence-electron chi connectivity index (χ1n) is 5.66. The molecule has 0 aliphatic carbocycles. The summed E-state index contributed by atoms with van der Waals surface area (Å²) in [5, 5.41) is 0. The Hall–Kier alpha value is -1.46. The lowest BCUT2D eigenvalue weighted by Gasteiger charge is -2.17. The van der Waals surface area contributed by atoms with Gasteiger partial charge < -0.3 is 18.9 Å². The molecule has 0 rings (SSSR count). The SMILES string of the molecule is CCOC(=O)OC(C)CC(C)OC(=O)OCC. The highest BCUT2D eigenvalue weighted by molar-refractivity contribution is 5.60. The molecule has 0 aromatic carbocycles. The van der Waals surface area contributed by atoms with E-state index in [1.165, 1.54) is 0 Å². The summed E-state index contributed by atoms with van der Waals surface area (Å²) in [6.07, 6.45) is -1.83. The fraction of sp³-hybridized carbons (Fsp3) is 0.818. The maximum absolute atomic E-state index is 11.0. The van der Waals surface area contributed by atoms with Crippen molar-refractivity contribution in [1.29, 1.82) is 0 Å². The van der Waals surface area contributed by atoms with Crippen LogP contribution in [0.1, 0.15) is 34.1 Å². The van der Waals surface area contributed by atoms with Crippen molar-refractivity contribution in [2.45, 2.75) is 46.3 Å². The number of carbonyl (C=O) groups excluding carboxylic acids is 2. The molecule has 0 aromatic heterocycles. The highest BCUT2D eigenvalue weighted by Crippen LogP contribution is 2.07. The Kier molecular flexibility index (Phi) is 7.92. The lowest BCUT2D eigenvalue weighted by atomic mass is 10.2. The average molecular weight is 248 g/mol. The molecule has 17 heavy (non-hydrogen) atoms. The van der Waals surface area contributed by atoms with Crippen molar-refractivity contribution in [3.63, 3.8) is 0 Å². The first-order chi connectivity index (χ1) is 7.99. The summed E-state index contributed by atoms with van der Waals surface area (Å²) >= 11 is 0. The minimum Gasteiger partial charge on any atom is -0.435 e. The normalized spacial score (nSPS) is 13.4. The minimum atomic E-state index is -0.719. The molecule has 0 aliphatic heterocycles. The van der Waals surface area contributed by atoms with Crippen LogP contribution in [-0.4, -0.2) is 37.7 Å². The Labute approximate surface area is 101 Å². The Morgan fingerprint density at radius 1 is 0.882 bits per heavy atom. The molecule has 0 aliphatic rings. The molecule has 2 atom stereocenters. The van der Waals surface area contributed by atoms with Crippen molar-refractivity contribution < 1.29 is 28.5 Å². The third-order valence-corrected chi connectivity index (χ3v) is 1.78. The minimum absolute atomic E-state index is 0.264. The van der Waals surface area contributed by atoms with Gasteiger partial charge in [-0.1, -0.05) is 0 Å². The summed E-state index contributed by atoms with van der Waals surface area (Å²) < 4.78 is 19.1. The predicted octanol–water partition coefficient (Wildman–Crippen LogP) is 2.50. The van der Waals surface area contributed by atoms with Crippen LogP contribution in [0.15, 0.2) is 0 Å². The zero-order valence-electron chi connectivity index (χ0n) is 10.7. The Bertz CT molecular complexity index is 216. The quantitative estimate of drug-likeness (QED) is 0.672. The maximum atomic E-state index is 11.0. The second kappa shape index (κ2) is 8.66. The van der Waals surface area contributed by atoms with Gasteiger partial charge in [-0.2, -0.15) is 0 Å². The fourth-order valence-corrected chi connectivity index (χ4v) is 1.20. The summed E-state index contributed by atoms with van der Waals surface area (Å²) in [5.41, 5.74) is 0. The first-order valence-corrected chi connectivity index (χ1v) is 5.66.